The fourth-order valence-corrected chi connectivity index (χ4v) is 5.60. The van der Waals surface area contributed by atoms with Gasteiger partial charge in [-0.15, -0.1) is 0 Å². The average Bonchev–Trinajstić information content (AvgIpc) is 2.91. The van der Waals surface area contributed by atoms with Crippen molar-refractivity contribution >= 4 is 15.7 Å². The first kappa shape index (κ1) is 34.5. The molecule has 0 fully saturated rings. The summed E-state index contributed by atoms with van der Waals surface area (Å²) in [4.78, 5) is 13.0. The standard InChI is InChI=1S/C30H28F7N3O3S/c1-17(2)28(27(39)41,23(16-38)14-21-8-11-22(15-25(21)31)29(32,33)34)40-26(30(35,36)37)20-6-4-18(5-7-20)19-9-12-24(13-10-19)44(3,42)43/h4-13,15,17,23,26,40H,14H2,1-3H3,(H2,39,41)/t23-,26+,28?/m1/s1. The summed E-state index contributed by atoms with van der Waals surface area (Å²) in [5.41, 5.74) is 2.09. The molecule has 0 aliphatic carbocycles. The smallest absolute Gasteiger partial charge is 0.368 e. The van der Waals surface area contributed by atoms with Crippen molar-refractivity contribution in [3.05, 3.63) is 89.2 Å². The summed E-state index contributed by atoms with van der Waals surface area (Å²) in [6.45, 7) is 2.67. The molecular weight excluding hydrogens is 615 g/mol. The molecule has 0 saturated heterocycles. The van der Waals surface area contributed by atoms with Gasteiger partial charge in [-0.1, -0.05) is 56.3 Å². The maximum atomic E-state index is 14.7. The lowest BCUT2D eigenvalue weighted by atomic mass is 9.71. The zero-order chi connectivity index (χ0) is 33.3. The van der Waals surface area contributed by atoms with Crippen molar-refractivity contribution in [2.24, 2.45) is 17.6 Å². The number of sulfone groups is 1. The van der Waals surface area contributed by atoms with Crippen molar-refractivity contribution in [1.82, 2.24) is 5.32 Å². The Labute approximate surface area is 249 Å². The maximum Gasteiger partial charge on any atom is 0.416 e. The number of hydrogen-bond donors (Lipinski definition) is 2. The number of nitrogens with zero attached hydrogens (tertiary/aromatic N) is 1. The molecule has 44 heavy (non-hydrogen) atoms. The Bertz CT molecular complexity index is 1650. The maximum absolute atomic E-state index is 14.7. The molecule has 0 spiro atoms. The molecule has 3 aromatic carbocycles. The third-order valence-electron chi connectivity index (χ3n) is 7.40. The molecular formula is C30H28F7N3O3S. The Balaban J connectivity index is 2.03. The first-order valence-electron chi connectivity index (χ1n) is 13.0. The van der Waals surface area contributed by atoms with Crippen molar-refractivity contribution in [3.8, 4) is 17.2 Å². The van der Waals surface area contributed by atoms with E-state index in [4.69, 9.17) is 5.73 Å². The van der Waals surface area contributed by atoms with Gasteiger partial charge in [0.2, 0.25) is 5.91 Å². The molecule has 0 aliphatic heterocycles. The lowest BCUT2D eigenvalue weighted by Gasteiger charge is -2.42. The van der Waals surface area contributed by atoms with E-state index in [2.05, 4.69) is 5.32 Å². The number of carbonyl (C=O) groups excluding carboxylic acids is 1. The molecule has 14 heteroatoms. The molecule has 1 amide bonds. The second-order valence-corrected chi connectivity index (χ2v) is 12.6. The predicted molar refractivity (Wildman–Crippen MR) is 148 cm³/mol. The van der Waals surface area contributed by atoms with Crippen LogP contribution in [0.5, 0.6) is 0 Å². The van der Waals surface area contributed by atoms with Gasteiger partial charge in [0.25, 0.3) is 0 Å². The van der Waals surface area contributed by atoms with Gasteiger partial charge in [0.1, 0.15) is 17.4 Å². The Morgan fingerprint density at radius 3 is 1.84 bits per heavy atom. The number of hydrogen-bond acceptors (Lipinski definition) is 5. The first-order valence-corrected chi connectivity index (χ1v) is 14.9. The van der Waals surface area contributed by atoms with Crippen molar-refractivity contribution in [3.63, 3.8) is 0 Å². The third-order valence-corrected chi connectivity index (χ3v) is 8.53. The van der Waals surface area contributed by atoms with E-state index in [9.17, 15) is 49.2 Å². The summed E-state index contributed by atoms with van der Waals surface area (Å²) in [5.74, 6) is -5.50. The fourth-order valence-electron chi connectivity index (χ4n) is 4.97. The highest BCUT2D eigenvalue weighted by Gasteiger charge is 2.53. The zero-order valence-corrected chi connectivity index (χ0v) is 24.4. The minimum Gasteiger partial charge on any atom is -0.368 e. The Morgan fingerprint density at radius 1 is 0.932 bits per heavy atom. The van der Waals surface area contributed by atoms with Crippen LogP contribution >= 0.6 is 0 Å². The van der Waals surface area contributed by atoms with Gasteiger partial charge in [-0.3, -0.25) is 10.1 Å². The van der Waals surface area contributed by atoms with Crippen molar-refractivity contribution in [2.75, 3.05) is 6.26 Å². The number of alkyl halides is 6. The Kier molecular flexibility index (Phi) is 9.86. The number of primary amides is 1. The summed E-state index contributed by atoms with van der Waals surface area (Å²) in [7, 11) is -3.47. The van der Waals surface area contributed by atoms with Crippen LogP contribution in [0.1, 0.15) is 36.6 Å². The molecule has 0 aromatic heterocycles. The van der Waals surface area contributed by atoms with Crippen LogP contribution < -0.4 is 11.1 Å². The van der Waals surface area contributed by atoms with E-state index in [1.807, 2.05) is 0 Å². The highest BCUT2D eigenvalue weighted by molar-refractivity contribution is 7.90. The highest BCUT2D eigenvalue weighted by atomic mass is 32.2. The minimum absolute atomic E-state index is 0.0545. The van der Waals surface area contributed by atoms with Crippen LogP contribution in [0.2, 0.25) is 0 Å². The third kappa shape index (κ3) is 7.39. The molecule has 3 N–H and O–H groups in total. The average molecular weight is 644 g/mol. The lowest BCUT2D eigenvalue weighted by Crippen LogP contribution is -2.66. The van der Waals surface area contributed by atoms with Crippen molar-refractivity contribution < 1.29 is 43.9 Å². The number of benzene rings is 3. The van der Waals surface area contributed by atoms with Crippen LogP contribution in [0.15, 0.2) is 71.6 Å². The molecule has 0 heterocycles. The van der Waals surface area contributed by atoms with Gasteiger partial charge < -0.3 is 5.73 Å². The summed E-state index contributed by atoms with van der Waals surface area (Å²) >= 11 is 0. The Morgan fingerprint density at radius 2 is 1.45 bits per heavy atom. The summed E-state index contributed by atoms with van der Waals surface area (Å²) in [5, 5.41) is 12.2. The van der Waals surface area contributed by atoms with Gasteiger partial charge in [0, 0.05) is 6.26 Å². The van der Waals surface area contributed by atoms with Gasteiger partial charge >= 0.3 is 12.4 Å². The van der Waals surface area contributed by atoms with Crippen molar-refractivity contribution in [2.45, 2.75) is 49.1 Å². The van der Waals surface area contributed by atoms with E-state index in [1.54, 1.807) is 6.07 Å². The minimum atomic E-state index is -5.03. The number of rotatable bonds is 10. The fraction of sp³-hybridized carbons (Fsp3) is 0.333. The number of carbonyl (C=O) groups is 1. The molecule has 3 atom stereocenters. The second kappa shape index (κ2) is 12.6. The van der Waals surface area contributed by atoms with E-state index in [1.165, 1.54) is 50.2 Å². The van der Waals surface area contributed by atoms with Gasteiger partial charge in [-0.25, -0.2) is 12.8 Å². The predicted octanol–water partition coefficient (Wildman–Crippen LogP) is 6.37. The molecule has 0 saturated carbocycles. The number of nitrogens with one attached hydrogen (secondary N) is 1. The first-order chi connectivity index (χ1) is 20.2. The van der Waals surface area contributed by atoms with Gasteiger partial charge in [0.15, 0.2) is 9.84 Å². The van der Waals surface area contributed by atoms with Gasteiger partial charge in [0.05, 0.1) is 22.4 Å². The number of nitriles is 1. The van der Waals surface area contributed by atoms with Crippen LogP contribution in [-0.2, 0) is 27.2 Å². The lowest BCUT2D eigenvalue weighted by molar-refractivity contribution is -0.168. The van der Waals surface area contributed by atoms with E-state index >= 15 is 0 Å². The quantitative estimate of drug-likeness (QED) is 0.250. The Hall–Kier alpha value is -3.96. The van der Waals surface area contributed by atoms with E-state index < -0.39 is 74.9 Å². The second-order valence-electron chi connectivity index (χ2n) is 10.6. The van der Waals surface area contributed by atoms with E-state index in [-0.39, 0.29) is 16.5 Å². The SMILES string of the molecule is CC(C)C(N[C@@H](c1ccc(-c2ccc(S(C)(=O)=O)cc2)cc1)C(F)(F)F)(C(N)=O)[C@@H](C#N)Cc1ccc(C(F)(F)F)cc1F. The topological polar surface area (TPSA) is 113 Å². The van der Waals surface area contributed by atoms with Crippen LogP contribution in [-0.4, -0.2) is 32.3 Å². The van der Waals surface area contributed by atoms with E-state index in [0.717, 1.165) is 24.5 Å². The monoisotopic (exact) mass is 643 g/mol. The van der Waals surface area contributed by atoms with Crippen molar-refractivity contribution in [1.29, 1.82) is 5.26 Å². The van der Waals surface area contributed by atoms with Crippen LogP contribution in [0.25, 0.3) is 11.1 Å². The number of halogens is 7. The molecule has 3 aromatic rings. The van der Waals surface area contributed by atoms with Crippen LogP contribution in [0.3, 0.4) is 0 Å². The summed E-state index contributed by atoms with van der Waals surface area (Å²) in [6.07, 6.45) is -9.59. The molecule has 0 bridgehead atoms. The largest absolute Gasteiger partial charge is 0.416 e. The van der Waals surface area contributed by atoms with Gasteiger partial charge in [-0.05, 0) is 58.9 Å². The number of nitrogens with two attached hydrogens (primary N) is 1. The molecule has 1 unspecified atom stereocenters. The molecule has 3 rings (SSSR count). The normalized spacial score (nSPS) is 15.3. The molecule has 0 aliphatic rings. The number of amides is 1. The van der Waals surface area contributed by atoms with Crippen LogP contribution in [0, 0.1) is 29.0 Å². The zero-order valence-electron chi connectivity index (χ0n) is 23.6. The molecule has 0 radical (unpaired) electrons. The van der Waals surface area contributed by atoms with E-state index in [0.29, 0.717) is 17.2 Å². The highest BCUT2D eigenvalue weighted by Crippen LogP contribution is 2.40. The summed E-state index contributed by atoms with van der Waals surface area (Å²) < 4.78 is 121. The van der Waals surface area contributed by atoms with Crippen LogP contribution in [0.4, 0.5) is 30.7 Å². The molecule has 236 valence electrons. The molecule has 6 nitrogen and oxygen atoms in total. The summed E-state index contributed by atoms with van der Waals surface area (Å²) in [6, 6.07) is 11.3. The van der Waals surface area contributed by atoms with Gasteiger partial charge in [-0.2, -0.15) is 31.6 Å².